The molecule has 1 radical (unpaired) electrons. The number of rotatable bonds is 2. The molecule has 0 amide bonds. The molecule has 1 saturated carbocycles. The van der Waals surface area contributed by atoms with Crippen molar-refractivity contribution in [1.82, 2.24) is 0 Å². The molecule has 1 fully saturated rings. The van der Waals surface area contributed by atoms with Crippen molar-refractivity contribution in [2.45, 2.75) is 38.5 Å². The fraction of sp³-hybridized carbons (Fsp3) is 0.727. The molecule has 0 heterocycles. The second-order valence-electron chi connectivity index (χ2n) is 3.31. The molecule has 0 nitrogen and oxygen atoms in total. The minimum Gasteiger partial charge on any atom is -0.250 e. The van der Waals surface area contributed by atoms with Crippen LogP contribution in [0.1, 0.15) is 38.5 Å². The van der Waals surface area contributed by atoms with E-state index in [0.29, 0.717) is 6.42 Å². The van der Waals surface area contributed by atoms with E-state index < -0.39 is 0 Å². The predicted octanol–water partition coefficient (Wildman–Crippen LogP) is 3.13. The molecule has 0 atom stereocenters. The second kappa shape index (κ2) is 6.06. The largest absolute Gasteiger partial charge is 0.250 e. The van der Waals surface area contributed by atoms with Gasteiger partial charge >= 0.3 is 0 Å². The lowest BCUT2D eigenvalue weighted by molar-refractivity contribution is 0.414. The molecule has 0 unspecified atom stereocenters. The van der Waals surface area contributed by atoms with Gasteiger partial charge in [-0.15, -0.1) is 11.8 Å². The van der Waals surface area contributed by atoms with Gasteiger partial charge in [0.25, 0.3) is 0 Å². The minimum atomic E-state index is -0.300. The van der Waals surface area contributed by atoms with Gasteiger partial charge in [0.15, 0.2) is 0 Å². The van der Waals surface area contributed by atoms with Crippen LogP contribution in [0.3, 0.4) is 0 Å². The van der Waals surface area contributed by atoms with E-state index in [1.165, 1.54) is 25.7 Å². The van der Waals surface area contributed by atoms with Gasteiger partial charge in [-0.2, -0.15) is 0 Å². The van der Waals surface area contributed by atoms with Crippen molar-refractivity contribution in [2.75, 3.05) is 6.67 Å². The first-order valence-electron chi connectivity index (χ1n) is 4.77. The Hall–Kier alpha value is -0.510. The second-order valence-corrected chi connectivity index (χ2v) is 3.31. The summed E-state index contributed by atoms with van der Waals surface area (Å²) < 4.78 is 11.7. The van der Waals surface area contributed by atoms with Crippen LogP contribution in [0, 0.1) is 24.2 Å². The van der Waals surface area contributed by atoms with Gasteiger partial charge in [-0.3, -0.25) is 4.39 Å². The Bertz CT molecular complexity index is 158. The van der Waals surface area contributed by atoms with Gasteiger partial charge in [-0.25, -0.2) is 0 Å². The van der Waals surface area contributed by atoms with Crippen LogP contribution in [-0.2, 0) is 0 Å². The molecule has 1 aliphatic rings. The highest BCUT2D eigenvalue weighted by molar-refractivity contribution is 5.00. The van der Waals surface area contributed by atoms with Crippen molar-refractivity contribution < 1.29 is 4.39 Å². The maximum Gasteiger partial charge on any atom is 0.100 e. The number of hydrogen-bond acceptors (Lipinski definition) is 0. The quantitative estimate of drug-likeness (QED) is 0.554. The van der Waals surface area contributed by atoms with E-state index in [1.54, 1.807) is 0 Å². The third-order valence-electron chi connectivity index (χ3n) is 2.29. The molecule has 0 spiro atoms. The summed E-state index contributed by atoms with van der Waals surface area (Å²) in [5.74, 6) is 6.68. The average Bonchev–Trinajstić information content (AvgIpc) is 2.14. The van der Waals surface area contributed by atoms with Crippen LogP contribution in [0.15, 0.2) is 0 Å². The van der Waals surface area contributed by atoms with Crippen LogP contribution in [0.25, 0.3) is 0 Å². The molecule has 0 aromatic rings. The molecule has 0 bridgehead atoms. The van der Waals surface area contributed by atoms with Crippen LogP contribution >= 0.6 is 0 Å². The van der Waals surface area contributed by atoms with E-state index in [4.69, 9.17) is 0 Å². The number of alkyl halides is 1. The topological polar surface area (TPSA) is 0 Å². The zero-order valence-electron chi connectivity index (χ0n) is 7.48. The Morgan fingerprint density at radius 2 is 2.00 bits per heavy atom. The van der Waals surface area contributed by atoms with E-state index in [-0.39, 0.29) is 6.67 Å². The molecule has 0 aromatic carbocycles. The van der Waals surface area contributed by atoms with Crippen molar-refractivity contribution in [3.05, 3.63) is 6.42 Å². The van der Waals surface area contributed by atoms with Gasteiger partial charge in [0, 0.05) is 12.8 Å². The normalized spacial score (nSPS) is 18.4. The standard InChI is InChI=1S/C11H16F/c12-10-6-2-5-9-11-7-3-1-4-8-11/h1,11H,3-4,6-10H2. The Morgan fingerprint density at radius 3 is 2.67 bits per heavy atom. The van der Waals surface area contributed by atoms with Crippen molar-refractivity contribution in [2.24, 2.45) is 5.92 Å². The first-order chi connectivity index (χ1) is 5.93. The van der Waals surface area contributed by atoms with Gasteiger partial charge in [0.2, 0.25) is 0 Å². The molecule has 0 aliphatic heterocycles. The van der Waals surface area contributed by atoms with Crippen molar-refractivity contribution in [1.29, 1.82) is 0 Å². The minimum absolute atomic E-state index is 0.300. The monoisotopic (exact) mass is 167 g/mol. The van der Waals surface area contributed by atoms with Gasteiger partial charge in [-0.05, 0) is 38.0 Å². The summed E-state index contributed by atoms with van der Waals surface area (Å²) in [6.45, 7) is -0.300. The molecule has 0 aromatic heterocycles. The molecule has 1 rings (SSSR count). The third kappa shape index (κ3) is 3.76. The molecule has 12 heavy (non-hydrogen) atoms. The first-order valence-corrected chi connectivity index (χ1v) is 4.77. The molecule has 0 saturated heterocycles. The predicted molar refractivity (Wildman–Crippen MR) is 49.2 cm³/mol. The molecule has 67 valence electrons. The van der Waals surface area contributed by atoms with Crippen LogP contribution in [-0.4, -0.2) is 6.67 Å². The summed E-state index contributed by atoms with van der Waals surface area (Å²) in [4.78, 5) is 0. The summed E-state index contributed by atoms with van der Waals surface area (Å²) >= 11 is 0. The fourth-order valence-electron chi connectivity index (χ4n) is 1.55. The van der Waals surface area contributed by atoms with E-state index in [1.807, 2.05) is 0 Å². The van der Waals surface area contributed by atoms with Crippen LogP contribution in [0.5, 0.6) is 0 Å². The highest BCUT2D eigenvalue weighted by Crippen LogP contribution is 2.24. The third-order valence-corrected chi connectivity index (χ3v) is 2.29. The number of halogens is 1. The average molecular weight is 167 g/mol. The summed E-state index contributed by atoms with van der Waals surface area (Å²) in [6, 6.07) is 0. The van der Waals surface area contributed by atoms with Gasteiger partial charge in [-0.1, -0.05) is 0 Å². The summed E-state index contributed by atoms with van der Waals surface area (Å²) in [5.41, 5.74) is 0. The highest BCUT2D eigenvalue weighted by atomic mass is 19.1. The van der Waals surface area contributed by atoms with Crippen molar-refractivity contribution in [3.8, 4) is 11.8 Å². The lowest BCUT2D eigenvalue weighted by Crippen LogP contribution is -2.05. The zero-order chi connectivity index (χ0) is 8.65. The Morgan fingerprint density at radius 1 is 1.25 bits per heavy atom. The molecular formula is C11H16F. The molecular weight excluding hydrogens is 151 g/mol. The van der Waals surface area contributed by atoms with Crippen molar-refractivity contribution in [3.63, 3.8) is 0 Å². The van der Waals surface area contributed by atoms with Crippen molar-refractivity contribution >= 4 is 0 Å². The molecule has 0 N–H and O–H groups in total. The smallest absolute Gasteiger partial charge is 0.100 e. The molecule has 1 aliphatic carbocycles. The lowest BCUT2D eigenvalue weighted by Gasteiger charge is -2.18. The summed E-state index contributed by atoms with van der Waals surface area (Å²) in [7, 11) is 0. The van der Waals surface area contributed by atoms with Gasteiger partial charge < -0.3 is 0 Å². The zero-order valence-corrected chi connectivity index (χ0v) is 7.48. The SMILES string of the molecule is FCCC#CCC1CC[CH]CC1. The van der Waals surface area contributed by atoms with E-state index in [9.17, 15) is 4.39 Å². The first kappa shape index (κ1) is 9.58. The lowest BCUT2D eigenvalue weighted by atomic mass is 9.87. The Kier molecular flexibility index (Phi) is 4.83. The van der Waals surface area contributed by atoms with Crippen LogP contribution in [0.2, 0.25) is 0 Å². The maximum atomic E-state index is 11.7. The van der Waals surface area contributed by atoms with E-state index >= 15 is 0 Å². The summed E-state index contributed by atoms with van der Waals surface area (Å²) in [5, 5.41) is 0. The van der Waals surface area contributed by atoms with Gasteiger partial charge in [0.1, 0.15) is 6.67 Å². The molecule has 1 heteroatoms. The summed E-state index contributed by atoms with van der Waals surface area (Å²) in [6.07, 6.45) is 8.80. The fourth-order valence-corrected chi connectivity index (χ4v) is 1.55. The van der Waals surface area contributed by atoms with Crippen LogP contribution < -0.4 is 0 Å². The van der Waals surface area contributed by atoms with Crippen LogP contribution in [0.4, 0.5) is 4.39 Å². The maximum absolute atomic E-state index is 11.7. The Labute approximate surface area is 74.5 Å². The highest BCUT2D eigenvalue weighted by Gasteiger charge is 2.11. The number of hydrogen-bond donors (Lipinski definition) is 0. The van der Waals surface area contributed by atoms with E-state index in [0.717, 1.165) is 12.3 Å². The van der Waals surface area contributed by atoms with Gasteiger partial charge in [0.05, 0.1) is 0 Å². The Balaban J connectivity index is 2.09. The van der Waals surface area contributed by atoms with E-state index in [2.05, 4.69) is 18.3 Å².